The number of rotatable bonds is 8. The van der Waals surface area contributed by atoms with Crippen LogP contribution in [0.3, 0.4) is 0 Å². The summed E-state index contributed by atoms with van der Waals surface area (Å²) in [7, 11) is 4.21. The Hall–Kier alpha value is -3.36. The summed E-state index contributed by atoms with van der Waals surface area (Å²) in [5, 5.41) is 22.2. The van der Waals surface area contributed by atoms with Crippen molar-refractivity contribution < 1.29 is 19.8 Å². The van der Waals surface area contributed by atoms with Crippen molar-refractivity contribution >= 4 is 17.4 Å². The van der Waals surface area contributed by atoms with Crippen molar-refractivity contribution in [1.29, 1.82) is 0 Å². The molecular weight excluding hydrogens is 408 g/mol. The summed E-state index contributed by atoms with van der Waals surface area (Å²) in [6, 6.07) is 15.0. The van der Waals surface area contributed by atoms with Crippen LogP contribution in [-0.2, 0) is 11.2 Å². The molecule has 0 radical (unpaired) electrons. The van der Waals surface area contributed by atoms with Gasteiger partial charge in [-0.1, -0.05) is 43.3 Å². The van der Waals surface area contributed by atoms with Crippen molar-refractivity contribution in [2.45, 2.75) is 32.2 Å². The van der Waals surface area contributed by atoms with E-state index in [4.69, 9.17) is 10.9 Å². The number of nitrogens with zero attached hydrogens (tertiary/aromatic N) is 2. The van der Waals surface area contributed by atoms with Crippen LogP contribution in [0.1, 0.15) is 35.7 Å². The maximum Gasteiger partial charge on any atom is 0.257 e. The fourth-order valence-electron chi connectivity index (χ4n) is 3.49. The number of amides is 1. The second-order valence-corrected chi connectivity index (χ2v) is 7.61. The van der Waals surface area contributed by atoms with Gasteiger partial charge in [0.15, 0.2) is 11.5 Å². The van der Waals surface area contributed by atoms with Gasteiger partial charge in [-0.15, -0.1) is 0 Å². The number of Topliss-reactive ketones (excluding diaryl/α,β-unsaturated/α-hetero) is 1. The van der Waals surface area contributed by atoms with Crippen LogP contribution in [-0.4, -0.2) is 54.1 Å². The molecule has 1 aliphatic carbocycles. The highest BCUT2D eigenvalue weighted by Crippen LogP contribution is 2.35. The van der Waals surface area contributed by atoms with Gasteiger partial charge in [0, 0.05) is 32.9 Å². The normalized spacial score (nSPS) is 13.5. The Bertz CT molecular complexity index is 973. The fourth-order valence-corrected chi connectivity index (χ4v) is 3.49. The fraction of sp³-hybridized carbons (Fsp3) is 0.333. The molecule has 3 rings (SSSR count). The number of aromatic hydroxyl groups is 1. The Morgan fingerprint density at radius 2 is 1.78 bits per heavy atom. The molecule has 1 amide bonds. The summed E-state index contributed by atoms with van der Waals surface area (Å²) in [5.74, 6) is 5.52. The summed E-state index contributed by atoms with van der Waals surface area (Å²) >= 11 is 0. The number of anilines is 1. The maximum atomic E-state index is 12.3. The second-order valence-electron chi connectivity index (χ2n) is 7.61. The van der Waals surface area contributed by atoms with Crippen molar-refractivity contribution in [1.82, 2.24) is 10.2 Å². The number of ketones is 1. The Kier molecular flexibility index (Phi) is 8.80. The van der Waals surface area contributed by atoms with E-state index in [9.17, 15) is 14.7 Å². The predicted octanol–water partition coefficient (Wildman–Crippen LogP) is 2.18. The predicted molar refractivity (Wildman–Crippen MR) is 125 cm³/mol. The number of hydrogen-bond acceptors (Lipinski definition) is 7. The van der Waals surface area contributed by atoms with Crippen LogP contribution in [0.4, 0.5) is 5.69 Å². The largest absolute Gasteiger partial charge is 0.505 e. The number of phenols is 1. The Labute approximate surface area is 188 Å². The van der Waals surface area contributed by atoms with Gasteiger partial charge in [-0.3, -0.25) is 14.6 Å². The number of nitrogens with one attached hydrogen (secondary N) is 1. The number of phenolic OH excluding ortho intramolecular Hbond substituents is 1. The molecule has 2 aromatic rings. The number of hydrogen-bond donors (Lipinski definition) is 4. The van der Waals surface area contributed by atoms with Crippen molar-refractivity contribution in [3.63, 3.8) is 0 Å². The maximum absolute atomic E-state index is 12.3. The van der Waals surface area contributed by atoms with E-state index >= 15 is 0 Å². The molecule has 0 aliphatic heterocycles. The first-order chi connectivity index (χ1) is 15.3. The highest BCUT2D eigenvalue weighted by Gasteiger charge is 2.34. The lowest BCUT2D eigenvalue weighted by molar-refractivity contribution is -0.116. The number of hydrazine groups is 1. The van der Waals surface area contributed by atoms with Crippen LogP contribution in [0.15, 0.2) is 59.9 Å². The summed E-state index contributed by atoms with van der Waals surface area (Å²) in [6.45, 7) is 2.09. The number of aliphatic hydroxyl groups is 1. The summed E-state index contributed by atoms with van der Waals surface area (Å²) in [4.78, 5) is 26.0. The first-order valence-corrected chi connectivity index (χ1v) is 10.4. The standard InChI is InChI=1S/C23H28N4O3.CH4O/c1-4-16(13-15-9-6-5-7-10-15)25-18-14-20(28)21(18)27(24)19-12-8-11-17(22(19)29)23(30)26(2)3;1-2/h5-12,16,25,29H,4,13-14,24H2,1-3H3;2H,1H3. The van der Waals surface area contributed by atoms with Crippen molar-refractivity contribution in [3.8, 4) is 5.75 Å². The lowest BCUT2D eigenvalue weighted by Crippen LogP contribution is -2.45. The van der Waals surface area contributed by atoms with E-state index in [1.54, 1.807) is 26.2 Å². The molecule has 0 aromatic heterocycles. The number of para-hydroxylation sites is 1. The molecular formula is C24H32N4O4. The molecule has 0 spiro atoms. The topological polar surface area (TPSA) is 119 Å². The van der Waals surface area contributed by atoms with Gasteiger partial charge in [0.1, 0.15) is 11.4 Å². The number of aliphatic hydroxyl groups excluding tert-OH is 1. The van der Waals surface area contributed by atoms with Crippen LogP contribution < -0.4 is 16.2 Å². The zero-order valence-corrected chi connectivity index (χ0v) is 19.0. The van der Waals surface area contributed by atoms with Gasteiger partial charge < -0.3 is 20.4 Å². The quantitative estimate of drug-likeness (QED) is 0.367. The molecule has 1 aliphatic rings. The van der Waals surface area contributed by atoms with Crippen molar-refractivity contribution in [2.24, 2.45) is 5.84 Å². The third-order valence-electron chi connectivity index (χ3n) is 5.24. The Morgan fingerprint density at radius 3 is 2.34 bits per heavy atom. The first-order valence-electron chi connectivity index (χ1n) is 10.4. The molecule has 1 atom stereocenters. The molecule has 0 heterocycles. The molecule has 0 bridgehead atoms. The number of benzene rings is 2. The van der Waals surface area contributed by atoms with Crippen molar-refractivity contribution in [2.75, 3.05) is 26.2 Å². The number of carbonyl (C=O) groups is 2. The number of allylic oxidation sites excluding steroid dienone is 2. The zero-order valence-electron chi connectivity index (χ0n) is 19.0. The molecule has 8 nitrogen and oxygen atoms in total. The molecule has 32 heavy (non-hydrogen) atoms. The first kappa shape index (κ1) is 24.9. The summed E-state index contributed by atoms with van der Waals surface area (Å²) < 4.78 is 0. The third-order valence-corrected chi connectivity index (χ3v) is 5.24. The average Bonchev–Trinajstić information content (AvgIpc) is 2.79. The minimum Gasteiger partial charge on any atom is -0.505 e. The van der Waals surface area contributed by atoms with Crippen molar-refractivity contribution in [3.05, 3.63) is 71.1 Å². The Morgan fingerprint density at radius 1 is 1.12 bits per heavy atom. The van der Waals surface area contributed by atoms with E-state index in [0.717, 1.165) is 25.6 Å². The molecule has 8 heteroatoms. The molecule has 1 unspecified atom stereocenters. The highest BCUT2D eigenvalue weighted by atomic mass is 16.3. The van der Waals surface area contributed by atoms with E-state index in [1.165, 1.54) is 21.5 Å². The smallest absolute Gasteiger partial charge is 0.257 e. The minimum atomic E-state index is -0.344. The van der Waals surface area contributed by atoms with Gasteiger partial charge in [-0.25, -0.2) is 5.84 Å². The van der Waals surface area contributed by atoms with Gasteiger partial charge in [0.2, 0.25) is 0 Å². The van der Waals surface area contributed by atoms with E-state index in [0.29, 0.717) is 5.70 Å². The summed E-state index contributed by atoms with van der Waals surface area (Å²) in [5.41, 5.74) is 2.61. The molecule has 172 valence electrons. The molecule has 0 fully saturated rings. The average molecular weight is 441 g/mol. The summed E-state index contributed by atoms with van der Waals surface area (Å²) in [6.07, 6.45) is 1.97. The van der Waals surface area contributed by atoms with Crippen LogP contribution in [0, 0.1) is 0 Å². The van der Waals surface area contributed by atoms with E-state index in [1.807, 2.05) is 18.2 Å². The molecule has 2 aromatic carbocycles. The van der Waals surface area contributed by atoms with Crippen LogP contribution in [0.25, 0.3) is 0 Å². The van der Waals surface area contributed by atoms with Gasteiger partial charge in [0.05, 0.1) is 12.0 Å². The monoisotopic (exact) mass is 440 g/mol. The Balaban J connectivity index is 0.00000176. The van der Waals surface area contributed by atoms with Gasteiger partial charge in [0.25, 0.3) is 5.91 Å². The highest BCUT2D eigenvalue weighted by molar-refractivity contribution is 6.07. The minimum absolute atomic E-state index is 0.113. The SMILES string of the molecule is CCC(Cc1ccccc1)NC1=C(N(N)c2cccc(C(=O)N(C)C)c2O)C(=O)C1.CO. The van der Waals surface area contributed by atoms with Gasteiger partial charge in [-0.2, -0.15) is 0 Å². The second kappa shape index (κ2) is 11.3. The zero-order chi connectivity index (χ0) is 23.8. The van der Waals surface area contributed by atoms with E-state index in [-0.39, 0.29) is 41.2 Å². The van der Waals surface area contributed by atoms with Gasteiger partial charge >= 0.3 is 0 Å². The van der Waals surface area contributed by atoms with Gasteiger partial charge in [-0.05, 0) is 30.5 Å². The molecule has 5 N–H and O–H groups in total. The third kappa shape index (κ3) is 5.46. The molecule has 0 saturated heterocycles. The lowest BCUT2D eigenvalue weighted by atomic mass is 9.95. The van der Waals surface area contributed by atoms with Crippen LogP contribution >= 0.6 is 0 Å². The number of nitrogens with two attached hydrogens (primary N) is 1. The molecule has 0 saturated carbocycles. The van der Waals surface area contributed by atoms with Crippen LogP contribution in [0.5, 0.6) is 5.75 Å². The van der Waals surface area contributed by atoms with Crippen LogP contribution in [0.2, 0.25) is 0 Å². The van der Waals surface area contributed by atoms with E-state index in [2.05, 4.69) is 24.4 Å². The lowest BCUT2D eigenvalue weighted by Gasteiger charge is -2.33. The number of carbonyl (C=O) groups excluding carboxylic acids is 2. The van der Waals surface area contributed by atoms with E-state index < -0.39 is 0 Å².